The van der Waals surface area contributed by atoms with Gasteiger partial charge < -0.3 is 0 Å². The number of pyridine rings is 1. The van der Waals surface area contributed by atoms with E-state index < -0.39 is 21.6 Å². The van der Waals surface area contributed by atoms with Gasteiger partial charge in [-0.25, -0.2) is 17.5 Å². The lowest BCUT2D eigenvalue weighted by molar-refractivity contribution is 0.574. The van der Waals surface area contributed by atoms with Crippen LogP contribution in [-0.2, 0) is 22.3 Å². The summed E-state index contributed by atoms with van der Waals surface area (Å²) in [5.74, 6) is -1.13. The minimum atomic E-state index is -3.67. The molecule has 7 heteroatoms. The second-order valence-corrected chi connectivity index (χ2v) is 6.35. The zero-order valence-corrected chi connectivity index (χ0v) is 12.0. The van der Waals surface area contributed by atoms with Crippen LogP contribution in [0.15, 0.2) is 42.7 Å². The molecule has 2 rings (SSSR count). The zero-order valence-electron chi connectivity index (χ0n) is 10.4. The highest BCUT2D eigenvalue weighted by molar-refractivity contribution is 7.88. The Bertz CT molecular complexity index is 673. The van der Waals surface area contributed by atoms with Crippen molar-refractivity contribution in [1.29, 1.82) is 0 Å². The van der Waals surface area contributed by atoms with Crippen molar-refractivity contribution < 1.29 is 12.8 Å². The van der Waals surface area contributed by atoms with Gasteiger partial charge in [0.15, 0.2) is 0 Å². The maximum atomic E-state index is 13.6. The highest BCUT2D eigenvalue weighted by Crippen LogP contribution is 2.21. The Morgan fingerprint density at radius 3 is 2.55 bits per heavy atom. The molecule has 1 aromatic heterocycles. The minimum Gasteiger partial charge on any atom is -0.265 e. The van der Waals surface area contributed by atoms with Gasteiger partial charge in [0.2, 0.25) is 10.0 Å². The molecule has 20 heavy (non-hydrogen) atoms. The van der Waals surface area contributed by atoms with Crippen molar-refractivity contribution in [3.05, 3.63) is 64.7 Å². The van der Waals surface area contributed by atoms with Gasteiger partial charge in [0.1, 0.15) is 5.82 Å². The quantitative estimate of drug-likeness (QED) is 0.922. The fraction of sp³-hybridized carbons (Fsp3) is 0.154. The van der Waals surface area contributed by atoms with Crippen molar-refractivity contribution >= 4 is 21.6 Å². The van der Waals surface area contributed by atoms with Crippen LogP contribution >= 0.6 is 11.6 Å². The van der Waals surface area contributed by atoms with Gasteiger partial charge in [-0.05, 0) is 29.8 Å². The molecular formula is C13H12ClFN2O2S. The van der Waals surface area contributed by atoms with E-state index in [4.69, 9.17) is 11.6 Å². The van der Waals surface area contributed by atoms with E-state index in [0.717, 1.165) is 5.56 Å². The van der Waals surface area contributed by atoms with E-state index in [9.17, 15) is 12.8 Å². The van der Waals surface area contributed by atoms with Crippen LogP contribution in [0.5, 0.6) is 0 Å². The van der Waals surface area contributed by atoms with Gasteiger partial charge >= 0.3 is 0 Å². The molecule has 0 fully saturated rings. The molecular weight excluding hydrogens is 303 g/mol. The summed E-state index contributed by atoms with van der Waals surface area (Å²) in [4.78, 5) is 3.84. The largest absolute Gasteiger partial charge is 0.265 e. The second-order valence-electron chi connectivity index (χ2n) is 4.14. The average molecular weight is 315 g/mol. The Morgan fingerprint density at radius 2 is 1.90 bits per heavy atom. The van der Waals surface area contributed by atoms with Gasteiger partial charge in [-0.15, -0.1) is 0 Å². The molecule has 1 N–H and O–H groups in total. The number of halogens is 2. The van der Waals surface area contributed by atoms with Gasteiger partial charge in [0, 0.05) is 29.5 Å². The highest BCUT2D eigenvalue weighted by Gasteiger charge is 2.17. The average Bonchev–Trinajstić information content (AvgIpc) is 2.42. The van der Waals surface area contributed by atoms with Gasteiger partial charge in [0.05, 0.1) is 5.75 Å². The molecule has 0 amide bonds. The van der Waals surface area contributed by atoms with Crippen molar-refractivity contribution in [2.24, 2.45) is 0 Å². The molecule has 0 aliphatic heterocycles. The molecule has 0 saturated carbocycles. The fourth-order valence-corrected chi connectivity index (χ4v) is 3.08. The second kappa shape index (κ2) is 6.30. The first-order chi connectivity index (χ1) is 9.48. The first kappa shape index (κ1) is 14.9. The van der Waals surface area contributed by atoms with Crippen LogP contribution in [0.2, 0.25) is 5.02 Å². The molecule has 1 heterocycles. The Morgan fingerprint density at radius 1 is 1.20 bits per heavy atom. The number of nitrogens with one attached hydrogen (secondary N) is 1. The predicted molar refractivity (Wildman–Crippen MR) is 75.1 cm³/mol. The molecule has 0 bridgehead atoms. The third kappa shape index (κ3) is 4.00. The van der Waals surface area contributed by atoms with Crippen LogP contribution in [0, 0.1) is 5.82 Å². The maximum absolute atomic E-state index is 13.6. The summed E-state index contributed by atoms with van der Waals surface area (Å²) in [6.07, 6.45) is 3.13. The van der Waals surface area contributed by atoms with E-state index in [1.165, 1.54) is 18.2 Å². The van der Waals surface area contributed by atoms with Crippen LogP contribution in [0.4, 0.5) is 4.39 Å². The van der Waals surface area contributed by atoms with Crippen molar-refractivity contribution in [2.45, 2.75) is 12.3 Å². The standard InChI is InChI=1S/C13H12ClFN2O2S/c14-12-2-1-3-13(15)11(12)9-20(18,19)17-8-10-4-6-16-7-5-10/h1-7,17H,8-9H2. The molecule has 0 saturated heterocycles. The molecule has 0 unspecified atom stereocenters. The summed E-state index contributed by atoms with van der Waals surface area (Å²) < 4.78 is 39.8. The van der Waals surface area contributed by atoms with Crippen LogP contribution in [-0.4, -0.2) is 13.4 Å². The van der Waals surface area contributed by atoms with Crippen LogP contribution in [0.1, 0.15) is 11.1 Å². The molecule has 106 valence electrons. The van der Waals surface area contributed by atoms with Crippen LogP contribution < -0.4 is 4.72 Å². The fourth-order valence-electron chi connectivity index (χ4n) is 1.61. The maximum Gasteiger partial charge on any atom is 0.216 e. The molecule has 0 radical (unpaired) electrons. The number of rotatable bonds is 5. The van der Waals surface area contributed by atoms with E-state index in [-0.39, 0.29) is 17.1 Å². The number of nitrogens with zero attached hydrogens (tertiary/aromatic N) is 1. The third-order valence-electron chi connectivity index (χ3n) is 2.64. The lowest BCUT2D eigenvalue weighted by Gasteiger charge is -2.09. The lowest BCUT2D eigenvalue weighted by atomic mass is 10.2. The Labute approximate surface area is 121 Å². The van der Waals surface area contributed by atoms with Gasteiger partial charge in [0.25, 0.3) is 0 Å². The van der Waals surface area contributed by atoms with E-state index in [1.54, 1.807) is 24.5 Å². The Hall–Kier alpha value is -1.50. The molecule has 4 nitrogen and oxygen atoms in total. The molecule has 1 aromatic carbocycles. The summed E-state index contributed by atoms with van der Waals surface area (Å²) in [7, 11) is -3.67. The summed E-state index contributed by atoms with van der Waals surface area (Å²) in [5.41, 5.74) is 0.736. The minimum absolute atomic E-state index is 0.0311. The molecule has 0 aliphatic rings. The zero-order chi connectivity index (χ0) is 14.6. The summed E-state index contributed by atoms with van der Waals surface area (Å²) in [6.45, 7) is 0.122. The highest BCUT2D eigenvalue weighted by atomic mass is 35.5. The molecule has 0 atom stereocenters. The van der Waals surface area contributed by atoms with Crippen molar-refractivity contribution in [3.8, 4) is 0 Å². The smallest absolute Gasteiger partial charge is 0.216 e. The van der Waals surface area contributed by atoms with Gasteiger partial charge in [-0.3, -0.25) is 4.98 Å². The normalized spacial score (nSPS) is 11.5. The van der Waals surface area contributed by atoms with Crippen LogP contribution in [0.3, 0.4) is 0 Å². The first-order valence-corrected chi connectivity index (χ1v) is 7.80. The SMILES string of the molecule is O=S(=O)(Cc1c(F)cccc1Cl)NCc1ccncc1. The number of benzene rings is 1. The Kier molecular flexibility index (Phi) is 4.69. The molecule has 0 spiro atoms. The monoisotopic (exact) mass is 314 g/mol. The van der Waals surface area contributed by atoms with E-state index in [1.807, 2.05) is 0 Å². The van der Waals surface area contributed by atoms with Crippen molar-refractivity contribution in [3.63, 3.8) is 0 Å². The van der Waals surface area contributed by atoms with E-state index >= 15 is 0 Å². The van der Waals surface area contributed by atoms with E-state index in [0.29, 0.717) is 0 Å². The lowest BCUT2D eigenvalue weighted by Crippen LogP contribution is -2.25. The third-order valence-corrected chi connectivity index (χ3v) is 4.25. The predicted octanol–water partition coefficient (Wildman–Crippen LogP) is 2.49. The first-order valence-electron chi connectivity index (χ1n) is 5.77. The van der Waals surface area contributed by atoms with Crippen molar-refractivity contribution in [2.75, 3.05) is 0 Å². The summed E-state index contributed by atoms with van der Waals surface area (Å²) in [6, 6.07) is 7.45. The number of aromatic nitrogens is 1. The molecule has 0 aliphatic carbocycles. The van der Waals surface area contributed by atoms with Gasteiger partial charge in [-0.1, -0.05) is 17.7 Å². The van der Waals surface area contributed by atoms with Gasteiger partial charge in [-0.2, -0.15) is 0 Å². The summed E-state index contributed by atoms with van der Waals surface area (Å²) >= 11 is 5.81. The van der Waals surface area contributed by atoms with E-state index in [2.05, 4.69) is 9.71 Å². The molecule has 2 aromatic rings. The summed E-state index contributed by atoms with van der Waals surface area (Å²) in [5, 5.41) is 0.0966. The Balaban J connectivity index is 2.08. The van der Waals surface area contributed by atoms with Crippen molar-refractivity contribution in [1.82, 2.24) is 9.71 Å². The number of hydrogen-bond donors (Lipinski definition) is 1. The number of sulfonamides is 1. The topological polar surface area (TPSA) is 59.1 Å². The number of hydrogen-bond acceptors (Lipinski definition) is 3. The van der Waals surface area contributed by atoms with Crippen LogP contribution in [0.25, 0.3) is 0 Å².